The molecule has 0 nitrogen and oxygen atoms in total. The average Bonchev–Trinajstić information content (AvgIpc) is 2.78. The van der Waals surface area contributed by atoms with Crippen LogP contribution in [-0.4, -0.2) is 0 Å². The first-order valence-electron chi connectivity index (χ1n) is 6.84. The van der Waals surface area contributed by atoms with Crippen LogP contribution in [0.3, 0.4) is 0 Å². The summed E-state index contributed by atoms with van der Waals surface area (Å²) in [5, 5.41) is 0. The molecule has 0 amide bonds. The van der Waals surface area contributed by atoms with Gasteiger partial charge in [0.15, 0.2) is 0 Å². The van der Waals surface area contributed by atoms with Crippen LogP contribution in [0.5, 0.6) is 0 Å². The number of benzene rings is 1. The highest BCUT2D eigenvalue weighted by atomic mass is 14.2. The van der Waals surface area contributed by atoms with Gasteiger partial charge in [-0.1, -0.05) is 70.0 Å². The van der Waals surface area contributed by atoms with Crippen LogP contribution in [0.1, 0.15) is 57.6 Å². The molecular formula is C17H24. The summed E-state index contributed by atoms with van der Waals surface area (Å²) in [4.78, 5) is 0. The van der Waals surface area contributed by atoms with Gasteiger partial charge in [-0.15, -0.1) is 0 Å². The first-order valence-corrected chi connectivity index (χ1v) is 6.84. The maximum absolute atomic E-state index is 2.40. The van der Waals surface area contributed by atoms with Crippen LogP contribution in [0.4, 0.5) is 0 Å². The summed E-state index contributed by atoms with van der Waals surface area (Å²) < 4.78 is 0. The quantitative estimate of drug-likeness (QED) is 0.653. The summed E-state index contributed by atoms with van der Waals surface area (Å²) in [6.07, 6.45) is 10.3. The second kappa shape index (κ2) is 5.08. The summed E-state index contributed by atoms with van der Waals surface area (Å²) in [7, 11) is 0. The SMILES string of the molecule is CC(C)(C)c1ccc(/C=C\C2CCCC2)cc1. The van der Waals surface area contributed by atoms with Gasteiger partial charge in [0, 0.05) is 0 Å². The number of hydrogen-bond acceptors (Lipinski definition) is 0. The molecule has 0 N–H and O–H groups in total. The highest BCUT2D eigenvalue weighted by Crippen LogP contribution is 2.27. The summed E-state index contributed by atoms with van der Waals surface area (Å²) in [5.41, 5.74) is 3.01. The van der Waals surface area contributed by atoms with Crippen LogP contribution in [0.15, 0.2) is 30.3 Å². The van der Waals surface area contributed by atoms with Crippen molar-refractivity contribution in [2.45, 2.75) is 51.9 Å². The highest BCUT2D eigenvalue weighted by molar-refractivity contribution is 5.50. The van der Waals surface area contributed by atoms with Gasteiger partial charge in [-0.25, -0.2) is 0 Å². The standard InChI is InChI=1S/C17H24/c1-17(2,3)16-12-10-15(11-13-16)9-8-14-6-4-5-7-14/h8-14H,4-7H2,1-3H3/b9-8-. The van der Waals surface area contributed by atoms with Gasteiger partial charge in [-0.3, -0.25) is 0 Å². The normalized spacial score (nSPS) is 18.1. The summed E-state index contributed by atoms with van der Waals surface area (Å²) in [6, 6.07) is 9.00. The zero-order valence-electron chi connectivity index (χ0n) is 11.4. The van der Waals surface area contributed by atoms with Crippen molar-refractivity contribution in [1.82, 2.24) is 0 Å². The van der Waals surface area contributed by atoms with Gasteiger partial charge < -0.3 is 0 Å². The minimum absolute atomic E-state index is 0.258. The van der Waals surface area contributed by atoms with Gasteiger partial charge in [0.05, 0.1) is 0 Å². The Morgan fingerprint density at radius 2 is 1.59 bits per heavy atom. The van der Waals surface area contributed by atoms with Crippen LogP contribution >= 0.6 is 0 Å². The van der Waals surface area contributed by atoms with Crippen LogP contribution in [0, 0.1) is 5.92 Å². The number of allylic oxidation sites excluding steroid dienone is 1. The van der Waals surface area contributed by atoms with Gasteiger partial charge >= 0.3 is 0 Å². The van der Waals surface area contributed by atoms with E-state index < -0.39 is 0 Å². The molecule has 0 heteroatoms. The van der Waals surface area contributed by atoms with E-state index in [1.807, 2.05) is 0 Å². The van der Waals surface area contributed by atoms with Gasteiger partial charge in [-0.2, -0.15) is 0 Å². The van der Waals surface area contributed by atoms with Gasteiger partial charge in [0.1, 0.15) is 0 Å². The summed E-state index contributed by atoms with van der Waals surface area (Å²) >= 11 is 0. The monoisotopic (exact) mass is 228 g/mol. The van der Waals surface area contributed by atoms with Crippen molar-refractivity contribution in [2.75, 3.05) is 0 Å². The van der Waals surface area contributed by atoms with E-state index >= 15 is 0 Å². The third-order valence-electron chi connectivity index (χ3n) is 3.74. The molecule has 2 rings (SSSR count). The topological polar surface area (TPSA) is 0 Å². The average molecular weight is 228 g/mol. The molecule has 0 unspecified atom stereocenters. The van der Waals surface area contributed by atoms with Crippen molar-refractivity contribution in [1.29, 1.82) is 0 Å². The maximum Gasteiger partial charge on any atom is -0.0132 e. The predicted octanol–water partition coefficient (Wildman–Crippen LogP) is 5.19. The molecule has 1 fully saturated rings. The molecule has 0 radical (unpaired) electrons. The Bertz CT molecular complexity index is 369. The fraction of sp³-hybridized carbons (Fsp3) is 0.529. The molecule has 0 spiro atoms. The second-order valence-corrected chi connectivity index (χ2v) is 6.28. The molecular weight excluding hydrogens is 204 g/mol. The summed E-state index contributed by atoms with van der Waals surface area (Å²) in [6.45, 7) is 6.78. The van der Waals surface area contributed by atoms with Crippen LogP contribution < -0.4 is 0 Å². The lowest BCUT2D eigenvalue weighted by molar-refractivity contribution is 0.590. The van der Waals surface area contributed by atoms with E-state index in [0.29, 0.717) is 0 Å². The zero-order chi connectivity index (χ0) is 12.3. The Balaban J connectivity index is 2.02. The minimum atomic E-state index is 0.258. The van der Waals surface area contributed by atoms with Crippen LogP contribution in [-0.2, 0) is 5.41 Å². The van der Waals surface area contributed by atoms with Crippen molar-refractivity contribution in [3.05, 3.63) is 41.5 Å². The maximum atomic E-state index is 2.40. The first kappa shape index (κ1) is 12.4. The zero-order valence-corrected chi connectivity index (χ0v) is 11.4. The predicted molar refractivity (Wildman–Crippen MR) is 76.1 cm³/mol. The minimum Gasteiger partial charge on any atom is -0.0808 e. The molecule has 0 bridgehead atoms. The molecule has 92 valence electrons. The number of rotatable bonds is 2. The van der Waals surface area contributed by atoms with E-state index in [9.17, 15) is 0 Å². The van der Waals surface area contributed by atoms with E-state index in [4.69, 9.17) is 0 Å². The van der Waals surface area contributed by atoms with Gasteiger partial charge in [0.2, 0.25) is 0 Å². The molecule has 17 heavy (non-hydrogen) atoms. The number of hydrogen-bond donors (Lipinski definition) is 0. The van der Waals surface area contributed by atoms with Crippen molar-refractivity contribution in [3.8, 4) is 0 Å². The molecule has 0 aromatic heterocycles. The lowest BCUT2D eigenvalue weighted by atomic mass is 9.86. The van der Waals surface area contributed by atoms with E-state index in [2.05, 4.69) is 57.2 Å². The Morgan fingerprint density at radius 3 is 2.12 bits per heavy atom. The van der Waals surface area contributed by atoms with Gasteiger partial charge in [0.25, 0.3) is 0 Å². The van der Waals surface area contributed by atoms with Crippen molar-refractivity contribution in [2.24, 2.45) is 5.92 Å². The van der Waals surface area contributed by atoms with E-state index in [0.717, 1.165) is 5.92 Å². The second-order valence-electron chi connectivity index (χ2n) is 6.28. The lowest BCUT2D eigenvalue weighted by Gasteiger charge is -2.18. The lowest BCUT2D eigenvalue weighted by Crippen LogP contribution is -2.10. The molecule has 0 aliphatic heterocycles. The third-order valence-corrected chi connectivity index (χ3v) is 3.74. The fourth-order valence-corrected chi connectivity index (χ4v) is 2.49. The summed E-state index contributed by atoms with van der Waals surface area (Å²) in [5.74, 6) is 0.831. The smallest absolute Gasteiger partial charge is 0.0132 e. The fourth-order valence-electron chi connectivity index (χ4n) is 2.49. The first-order chi connectivity index (χ1) is 8.05. The van der Waals surface area contributed by atoms with E-state index in [1.165, 1.54) is 36.8 Å². The van der Waals surface area contributed by atoms with Crippen molar-refractivity contribution in [3.63, 3.8) is 0 Å². The molecule has 0 saturated heterocycles. The Morgan fingerprint density at radius 1 is 1.00 bits per heavy atom. The molecule has 1 aliphatic carbocycles. The van der Waals surface area contributed by atoms with Crippen molar-refractivity contribution >= 4 is 6.08 Å². The van der Waals surface area contributed by atoms with Crippen LogP contribution in [0.2, 0.25) is 0 Å². The Kier molecular flexibility index (Phi) is 3.71. The Labute approximate surface area is 106 Å². The molecule has 1 aromatic rings. The molecule has 0 atom stereocenters. The van der Waals surface area contributed by atoms with Crippen molar-refractivity contribution < 1.29 is 0 Å². The molecule has 1 aliphatic rings. The van der Waals surface area contributed by atoms with Gasteiger partial charge in [-0.05, 0) is 35.3 Å². The molecule has 1 saturated carbocycles. The van der Waals surface area contributed by atoms with E-state index in [1.54, 1.807) is 0 Å². The largest absolute Gasteiger partial charge is 0.0808 e. The Hall–Kier alpha value is -1.04. The van der Waals surface area contributed by atoms with Crippen LogP contribution in [0.25, 0.3) is 6.08 Å². The highest BCUT2D eigenvalue weighted by Gasteiger charge is 2.13. The molecule has 0 heterocycles. The molecule has 1 aromatic carbocycles. The third kappa shape index (κ3) is 3.46. The van der Waals surface area contributed by atoms with E-state index in [-0.39, 0.29) is 5.41 Å².